The lowest BCUT2D eigenvalue weighted by Crippen LogP contribution is -2.08. The van der Waals surface area contributed by atoms with Crippen LogP contribution in [0.2, 0.25) is 0 Å². The van der Waals surface area contributed by atoms with Crippen molar-refractivity contribution in [3.8, 4) is 0 Å². The molecule has 0 atom stereocenters. The Morgan fingerprint density at radius 3 is 2.48 bits per heavy atom. The number of rotatable bonds is 6. The van der Waals surface area contributed by atoms with Gasteiger partial charge in [0.2, 0.25) is 0 Å². The molecule has 0 aliphatic heterocycles. The molecule has 0 spiro atoms. The van der Waals surface area contributed by atoms with E-state index in [2.05, 4.69) is 76.3 Å². The van der Waals surface area contributed by atoms with Crippen LogP contribution in [0.15, 0.2) is 33.6 Å². The predicted molar refractivity (Wildman–Crippen MR) is 94.0 cm³/mol. The second kappa shape index (κ2) is 7.80. The van der Waals surface area contributed by atoms with Crippen LogP contribution >= 0.6 is 27.7 Å². The van der Waals surface area contributed by atoms with Crippen molar-refractivity contribution in [2.45, 2.75) is 37.8 Å². The maximum Gasteiger partial charge on any atom is 0.141 e. The second-order valence-corrected chi connectivity index (χ2v) is 6.65. The minimum atomic E-state index is 0.785. The van der Waals surface area contributed by atoms with Crippen molar-refractivity contribution < 1.29 is 0 Å². The molecule has 0 bridgehead atoms. The molecule has 0 unspecified atom stereocenters. The number of aryl methyl sites for hydroxylation is 1. The Morgan fingerprint density at radius 2 is 1.86 bits per heavy atom. The molecule has 0 amide bonds. The van der Waals surface area contributed by atoms with Crippen LogP contribution in [0.25, 0.3) is 0 Å². The number of hydrogen-bond acceptors (Lipinski definition) is 4. The fraction of sp³-hybridized carbons (Fsp3) is 0.375. The second-order valence-electron chi connectivity index (χ2n) is 4.69. The Morgan fingerprint density at radius 1 is 1.14 bits per heavy atom. The van der Waals surface area contributed by atoms with Crippen LogP contribution < -0.4 is 5.32 Å². The first-order chi connectivity index (χ1) is 10.1. The molecule has 1 aromatic carbocycles. The molecule has 0 radical (unpaired) electrons. The molecule has 1 N–H and O–H groups in total. The van der Waals surface area contributed by atoms with Crippen LogP contribution in [0.3, 0.4) is 0 Å². The first kappa shape index (κ1) is 16.3. The van der Waals surface area contributed by atoms with E-state index < -0.39 is 0 Å². The molecule has 3 nitrogen and oxygen atoms in total. The molecule has 0 aliphatic carbocycles. The molecule has 0 saturated carbocycles. The molecule has 1 aromatic heterocycles. The van der Waals surface area contributed by atoms with E-state index in [9.17, 15) is 0 Å². The van der Waals surface area contributed by atoms with E-state index in [4.69, 9.17) is 0 Å². The van der Waals surface area contributed by atoms with Crippen LogP contribution in [0.5, 0.6) is 0 Å². The molecule has 2 aromatic rings. The third-order valence-corrected chi connectivity index (χ3v) is 4.69. The topological polar surface area (TPSA) is 37.8 Å². The first-order valence-corrected chi connectivity index (χ1v) is 8.90. The fourth-order valence-electron chi connectivity index (χ4n) is 2.04. The van der Waals surface area contributed by atoms with Crippen molar-refractivity contribution in [1.82, 2.24) is 9.97 Å². The number of nitrogens with one attached hydrogen (secondary N) is 1. The quantitative estimate of drug-likeness (QED) is 0.743. The van der Waals surface area contributed by atoms with Crippen LogP contribution in [0.4, 0.5) is 5.82 Å². The Hall–Kier alpha value is -1.07. The van der Waals surface area contributed by atoms with Crippen molar-refractivity contribution in [2.24, 2.45) is 0 Å². The number of hydrogen-bond donors (Lipinski definition) is 1. The normalized spacial score (nSPS) is 10.7. The van der Waals surface area contributed by atoms with Gasteiger partial charge in [-0.25, -0.2) is 9.97 Å². The van der Waals surface area contributed by atoms with Crippen molar-refractivity contribution in [2.75, 3.05) is 11.9 Å². The molecule has 0 aliphatic rings. The van der Waals surface area contributed by atoms with Gasteiger partial charge in [-0.2, -0.15) is 0 Å². The lowest BCUT2D eigenvalue weighted by molar-refractivity contribution is 0.914. The largest absolute Gasteiger partial charge is 0.370 e. The van der Waals surface area contributed by atoms with Gasteiger partial charge >= 0.3 is 0 Å². The minimum absolute atomic E-state index is 0.785. The Kier molecular flexibility index (Phi) is 6.06. The number of aromatic nitrogens is 2. The summed E-state index contributed by atoms with van der Waals surface area (Å²) in [6.07, 6.45) is 0.933. The highest BCUT2D eigenvalue weighted by Gasteiger charge is 2.09. The van der Waals surface area contributed by atoms with Crippen LogP contribution in [-0.2, 0) is 12.2 Å². The number of nitrogens with zero attached hydrogens (tertiary/aromatic N) is 2. The molecule has 2 rings (SSSR count). The highest BCUT2D eigenvalue weighted by molar-refractivity contribution is 9.10. The summed E-state index contributed by atoms with van der Waals surface area (Å²) in [4.78, 5) is 10.6. The van der Waals surface area contributed by atoms with Gasteiger partial charge in [0.1, 0.15) is 11.6 Å². The third kappa shape index (κ3) is 4.45. The molecular formula is C16H20BrN3S. The summed E-state index contributed by atoms with van der Waals surface area (Å²) in [6, 6.07) is 8.32. The lowest BCUT2D eigenvalue weighted by atomic mass is 10.2. The SMILES string of the molecule is CCNc1nc(CSc2ccc(Br)cc2)nc(CC)c1C. The zero-order valence-corrected chi connectivity index (χ0v) is 15.0. The van der Waals surface area contributed by atoms with Gasteiger partial charge in [0.05, 0.1) is 5.75 Å². The number of halogens is 1. The van der Waals surface area contributed by atoms with Crippen molar-refractivity contribution >= 4 is 33.5 Å². The van der Waals surface area contributed by atoms with E-state index >= 15 is 0 Å². The maximum absolute atomic E-state index is 4.69. The van der Waals surface area contributed by atoms with Gasteiger partial charge in [-0.3, -0.25) is 0 Å². The van der Waals surface area contributed by atoms with Gasteiger partial charge in [-0.15, -0.1) is 11.8 Å². The van der Waals surface area contributed by atoms with Gasteiger partial charge in [0, 0.05) is 27.2 Å². The van der Waals surface area contributed by atoms with E-state index in [1.54, 1.807) is 11.8 Å². The highest BCUT2D eigenvalue weighted by atomic mass is 79.9. The predicted octanol–water partition coefficient (Wildman–Crippen LogP) is 4.83. The number of benzene rings is 1. The van der Waals surface area contributed by atoms with Gasteiger partial charge in [-0.1, -0.05) is 22.9 Å². The first-order valence-electron chi connectivity index (χ1n) is 7.12. The smallest absolute Gasteiger partial charge is 0.141 e. The molecule has 0 fully saturated rings. The van der Waals surface area contributed by atoms with Crippen LogP contribution in [0, 0.1) is 6.92 Å². The summed E-state index contributed by atoms with van der Waals surface area (Å²) in [5, 5.41) is 3.33. The Bertz CT molecular complexity index is 599. The van der Waals surface area contributed by atoms with Crippen LogP contribution in [-0.4, -0.2) is 16.5 Å². The number of thioether (sulfide) groups is 1. The lowest BCUT2D eigenvalue weighted by Gasteiger charge is -2.12. The third-order valence-electron chi connectivity index (χ3n) is 3.15. The molecule has 112 valence electrons. The van der Waals surface area contributed by atoms with E-state index in [1.165, 1.54) is 4.90 Å². The summed E-state index contributed by atoms with van der Waals surface area (Å²) in [6.45, 7) is 7.18. The maximum atomic E-state index is 4.69. The Balaban J connectivity index is 2.15. The van der Waals surface area contributed by atoms with E-state index in [0.29, 0.717) is 0 Å². The molecule has 0 saturated heterocycles. The van der Waals surface area contributed by atoms with Crippen LogP contribution in [0.1, 0.15) is 30.9 Å². The molecule has 21 heavy (non-hydrogen) atoms. The van der Waals surface area contributed by atoms with Gasteiger partial charge in [0.25, 0.3) is 0 Å². The average molecular weight is 366 g/mol. The fourth-order valence-corrected chi connectivity index (χ4v) is 3.06. The standard InChI is InChI=1S/C16H20BrN3S/c1-4-14-11(3)16(18-5-2)20-15(19-14)10-21-13-8-6-12(17)7-9-13/h6-9H,4-5,10H2,1-3H3,(H,18,19,20). The van der Waals surface area contributed by atoms with Crippen molar-refractivity contribution in [3.63, 3.8) is 0 Å². The van der Waals surface area contributed by atoms with E-state index in [-0.39, 0.29) is 0 Å². The van der Waals surface area contributed by atoms with E-state index in [1.807, 2.05) is 0 Å². The molecular weight excluding hydrogens is 346 g/mol. The summed E-state index contributed by atoms with van der Waals surface area (Å²) in [5.74, 6) is 2.64. The van der Waals surface area contributed by atoms with Gasteiger partial charge in [0.15, 0.2) is 0 Å². The highest BCUT2D eigenvalue weighted by Crippen LogP contribution is 2.25. The summed E-state index contributed by atoms with van der Waals surface area (Å²) >= 11 is 5.21. The van der Waals surface area contributed by atoms with Gasteiger partial charge in [-0.05, 0) is 44.5 Å². The monoisotopic (exact) mass is 365 g/mol. The van der Waals surface area contributed by atoms with E-state index in [0.717, 1.165) is 46.1 Å². The molecule has 1 heterocycles. The Labute approximate surface area is 139 Å². The summed E-state index contributed by atoms with van der Waals surface area (Å²) < 4.78 is 1.10. The summed E-state index contributed by atoms with van der Waals surface area (Å²) in [5.41, 5.74) is 2.30. The molecule has 5 heteroatoms. The van der Waals surface area contributed by atoms with Crippen molar-refractivity contribution in [1.29, 1.82) is 0 Å². The minimum Gasteiger partial charge on any atom is -0.370 e. The zero-order valence-electron chi connectivity index (χ0n) is 12.6. The zero-order chi connectivity index (χ0) is 15.2. The van der Waals surface area contributed by atoms with Gasteiger partial charge < -0.3 is 5.32 Å². The van der Waals surface area contributed by atoms with Crippen molar-refractivity contribution in [3.05, 3.63) is 45.8 Å². The summed E-state index contributed by atoms with van der Waals surface area (Å²) in [7, 11) is 0. The number of anilines is 1. The average Bonchev–Trinajstić information content (AvgIpc) is 2.49.